The molecule has 4 atom stereocenters. The van der Waals surface area contributed by atoms with E-state index in [9.17, 15) is 14.6 Å². The van der Waals surface area contributed by atoms with Gasteiger partial charge in [0.05, 0.1) is 12.2 Å². The van der Waals surface area contributed by atoms with Crippen LogP contribution >= 0.6 is 0 Å². The Kier molecular flexibility index (Phi) is 2.98. The predicted molar refractivity (Wildman–Crippen MR) is 50.1 cm³/mol. The topological polar surface area (TPSA) is 69.9 Å². The minimum atomic E-state index is -1.71. The van der Waals surface area contributed by atoms with Crippen molar-refractivity contribution in [1.29, 1.82) is 0 Å². The second kappa shape index (κ2) is 3.97. The van der Waals surface area contributed by atoms with Crippen molar-refractivity contribution in [3.63, 3.8) is 0 Å². The van der Waals surface area contributed by atoms with Crippen LogP contribution in [0.3, 0.4) is 0 Å². The van der Waals surface area contributed by atoms with Crippen molar-refractivity contribution >= 4 is 0 Å². The van der Waals surface area contributed by atoms with E-state index in [1.807, 2.05) is 0 Å². The quantitative estimate of drug-likeness (QED) is 0.570. The summed E-state index contributed by atoms with van der Waals surface area (Å²) in [5, 5.41) is 28.3. The van der Waals surface area contributed by atoms with Crippen molar-refractivity contribution in [3.05, 3.63) is 0 Å². The lowest BCUT2D eigenvalue weighted by atomic mass is 9.84. The lowest BCUT2D eigenvalue weighted by molar-refractivity contribution is -0.258. The molecule has 1 aliphatic heterocycles. The van der Waals surface area contributed by atoms with Gasteiger partial charge in [0.25, 0.3) is 0 Å². The lowest BCUT2D eigenvalue weighted by Gasteiger charge is -2.46. The third-order valence-corrected chi connectivity index (χ3v) is 3.56. The molecule has 0 aromatic heterocycles. The fraction of sp³-hybridized carbons (Fsp3) is 1.00. The predicted octanol–water partition coefficient (Wildman–Crippen LogP) is -0.250. The van der Waals surface area contributed by atoms with Crippen LogP contribution in [0.4, 0.5) is 4.39 Å². The first-order valence-corrected chi connectivity index (χ1v) is 5.39. The number of hydrogen-bond donors (Lipinski definition) is 3. The molecule has 5 heteroatoms. The number of alkyl halides is 1. The van der Waals surface area contributed by atoms with E-state index in [4.69, 9.17) is 9.84 Å². The molecule has 0 radical (unpaired) electrons. The normalized spacial score (nSPS) is 44.8. The van der Waals surface area contributed by atoms with Gasteiger partial charge in [0.1, 0.15) is 18.3 Å². The van der Waals surface area contributed by atoms with Gasteiger partial charge in [-0.15, -0.1) is 0 Å². The van der Waals surface area contributed by atoms with E-state index in [1.54, 1.807) is 0 Å². The fourth-order valence-corrected chi connectivity index (χ4v) is 2.67. The minimum absolute atomic E-state index is 0.466. The van der Waals surface area contributed by atoms with Crippen molar-refractivity contribution < 1.29 is 24.4 Å². The average molecular weight is 220 g/mol. The molecule has 1 aliphatic carbocycles. The Morgan fingerprint density at radius 1 is 1.27 bits per heavy atom. The van der Waals surface area contributed by atoms with Crippen molar-refractivity contribution in [2.45, 2.75) is 55.8 Å². The lowest BCUT2D eigenvalue weighted by Crippen LogP contribution is -2.62. The summed E-state index contributed by atoms with van der Waals surface area (Å²) in [7, 11) is 0. The number of aliphatic hydroxyl groups is 3. The highest BCUT2D eigenvalue weighted by atomic mass is 19.1. The van der Waals surface area contributed by atoms with Gasteiger partial charge in [-0.1, -0.05) is 12.8 Å². The maximum Gasteiger partial charge on any atom is 0.157 e. The highest BCUT2D eigenvalue weighted by molar-refractivity contribution is 5.03. The van der Waals surface area contributed by atoms with Crippen LogP contribution in [0.2, 0.25) is 0 Å². The molecule has 1 saturated carbocycles. The second-order valence-corrected chi connectivity index (χ2v) is 4.49. The van der Waals surface area contributed by atoms with Gasteiger partial charge in [-0.2, -0.15) is 0 Å². The summed E-state index contributed by atoms with van der Waals surface area (Å²) in [6.45, 7) is -0.466. The van der Waals surface area contributed by atoms with Crippen molar-refractivity contribution in [2.24, 2.45) is 0 Å². The van der Waals surface area contributed by atoms with E-state index in [2.05, 4.69) is 0 Å². The van der Waals surface area contributed by atoms with Crippen molar-refractivity contribution in [1.82, 2.24) is 0 Å². The molecule has 15 heavy (non-hydrogen) atoms. The van der Waals surface area contributed by atoms with E-state index < -0.39 is 36.7 Å². The molecule has 2 aliphatic rings. The van der Waals surface area contributed by atoms with E-state index in [-0.39, 0.29) is 0 Å². The number of aliphatic hydroxyl groups excluding tert-OH is 3. The summed E-state index contributed by atoms with van der Waals surface area (Å²) in [5.74, 6) is 0. The summed E-state index contributed by atoms with van der Waals surface area (Å²) in [5.41, 5.74) is -0.838. The largest absolute Gasteiger partial charge is 0.394 e. The molecule has 0 aromatic rings. The summed E-state index contributed by atoms with van der Waals surface area (Å²) < 4.78 is 18.9. The van der Waals surface area contributed by atoms with Gasteiger partial charge in [0, 0.05) is 0 Å². The highest BCUT2D eigenvalue weighted by Crippen LogP contribution is 2.42. The van der Waals surface area contributed by atoms with Crippen LogP contribution in [0.15, 0.2) is 0 Å². The second-order valence-electron chi connectivity index (χ2n) is 4.49. The molecule has 3 N–H and O–H groups in total. The molecule has 4 nitrogen and oxygen atoms in total. The van der Waals surface area contributed by atoms with Crippen LogP contribution in [0.5, 0.6) is 0 Å². The molecular formula is C10H17FO4. The first-order valence-electron chi connectivity index (χ1n) is 5.39. The molecule has 2 fully saturated rings. The van der Waals surface area contributed by atoms with Crippen LogP contribution in [-0.4, -0.2) is 52.0 Å². The molecule has 1 saturated heterocycles. The molecule has 0 unspecified atom stereocenters. The van der Waals surface area contributed by atoms with E-state index in [0.29, 0.717) is 12.8 Å². The summed E-state index contributed by atoms with van der Waals surface area (Å²) >= 11 is 0. The van der Waals surface area contributed by atoms with Crippen LogP contribution in [0.25, 0.3) is 0 Å². The Balaban J connectivity index is 2.19. The van der Waals surface area contributed by atoms with Crippen LogP contribution in [0, 0.1) is 0 Å². The molecule has 0 bridgehead atoms. The zero-order chi connectivity index (χ0) is 11.1. The maximum atomic E-state index is 13.4. The number of hydrogen-bond acceptors (Lipinski definition) is 4. The fourth-order valence-electron chi connectivity index (χ4n) is 2.67. The van der Waals surface area contributed by atoms with Crippen LogP contribution < -0.4 is 0 Å². The van der Waals surface area contributed by atoms with Gasteiger partial charge < -0.3 is 20.1 Å². The SMILES string of the molecule is OC[C@H]1OC2(CCCC2)[C@H](O)[C@@H](O)[C@@H]1F. The van der Waals surface area contributed by atoms with E-state index in [1.165, 1.54) is 0 Å². The van der Waals surface area contributed by atoms with Gasteiger partial charge >= 0.3 is 0 Å². The molecule has 1 heterocycles. The van der Waals surface area contributed by atoms with Crippen LogP contribution in [0.1, 0.15) is 25.7 Å². The third-order valence-electron chi connectivity index (χ3n) is 3.56. The molecule has 2 rings (SSSR count). The number of halogens is 1. The summed E-state index contributed by atoms with van der Waals surface area (Å²) in [6.07, 6.45) is -2.31. The standard InChI is InChI=1S/C10H17FO4/c11-7-6(5-12)15-10(3-1-2-4-10)9(14)8(7)13/h6-9,12-14H,1-5H2/t6-,7-,8+,9-/m1/s1. The number of rotatable bonds is 1. The summed E-state index contributed by atoms with van der Waals surface area (Å²) in [6, 6.07) is 0. The first-order chi connectivity index (χ1) is 7.10. The highest BCUT2D eigenvalue weighted by Gasteiger charge is 2.54. The Morgan fingerprint density at radius 3 is 2.40 bits per heavy atom. The molecular weight excluding hydrogens is 203 g/mol. The Morgan fingerprint density at radius 2 is 1.87 bits per heavy atom. The number of ether oxygens (including phenoxy) is 1. The minimum Gasteiger partial charge on any atom is -0.394 e. The zero-order valence-corrected chi connectivity index (χ0v) is 8.47. The Bertz CT molecular complexity index is 227. The molecule has 1 spiro atoms. The van der Waals surface area contributed by atoms with Crippen molar-refractivity contribution in [3.8, 4) is 0 Å². The van der Waals surface area contributed by atoms with Gasteiger partial charge in [-0.25, -0.2) is 4.39 Å². The van der Waals surface area contributed by atoms with Crippen LogP contribution in [-0.2, 0) is 4.74 Å². The first kappa shape index (κ1) is 11.3. The van der Waals surface area contributed by atoms with E-state index in [0.717, 1.165) is 12.8 Å². The zero-order valence-electron chi connectivity index (χ0n) is 8.47. The van der Waals surface area contributed by atoms with Gasteiger partial charge in [0.15, 0.2) is 6.17 Å². The van der Waals surface area contributed by atoms with Crippen molar-refractivity contribution in [2.75, 3.05) is 6.61 Å². The molecule has 0 amide bonds. The summed E-state index contributed by atoms with van der Waals surface area (Å²) in [4.78, 5) is 0. The maximum absolute atomic E-state index is 13.4. The van der Waals surface area contributed by atoms with E-state index >= 15 is 0 Å². The smallest absolute Gasteiger partial charge is 0.157 e. The molecule has 0 aromatic carbocycles. The Labute approximate surface area is 87.7 Å². The van der Waals surface area contributed by atoms with Gasteiger partial charge in [-0.3, -0.25) is 0 Å². The van der Waals surface area contributed by atoms with Gasteiger partial charge in [-0.05, 0) is 12.8 Å². The van der Waals surface area contributed by atoms with Gasteiger partial charge in [0.2, 0.25) is 0 Å². The third kappa shape index (κ3) is 1.67. The monoisotopic (exact) mass is 220 g/mol. The average Bonchev–Trinajstić information content (AvgIpc) is 2.70. The Hall–Kier alpha value is -0.230. The molecule has 88 valence electrons.